The summed E-state index contributed by atoms with van der Waals surface area (Å²) in [4.78, 5) is 19.1. The minimum absolute atomic E-state index is 0. The van der Waals surface area contributed by atoms with Crippen molar-refractivity contribution in [2.75, 3.05) is 14.1 Å². The molecule has 0 unspecified atom stereocenters. The quantitative estimate of drug-likeness (QED) is 0.227. The summed E-state index contributed by atoms with van der Waals surface area (Å²) in [7, 11) is 4.02. The minimum atomic E-state index is -6.83. The fourth-order valence-corrected chi connectivity index (χ4v) is 3.59. The Hall–Kier alpha value is -2.46. The van der Waals surface area contributed by atoms with Gasteiger partial charge in [-0.1, -0.05) is 47.4 Å². The first-order chi connectivity index (χ1) is 17.7. The van der Waals surface area contributed by atoms with Crippen LogP contribution in [0.15, 0.2) is 36.4 Å². The van der Waals surface area contributed by atoms with Crippen LogP contribution in [-0.2, 0) is 17.1 Å². The Morgan fingerprint density at radius 1 is 0.590 bits per heavy atom. The largest absolute Gasteiger partial charge is 2.00 e. The predicted octanol–water partition coefficient (Wildman–Crippen LogP) is 4.16. The van der Waals surface area contributed by atoms with Crippen molar-refractivity contribution in [2.24, 2.45) is 0 Å². The maximum absolute atomic E-state index is 9.85. The Kier molecular flexibility index (Phi) is 11.5. The van der Waals surface area contributed by atoms with Crippen LogP contribution in [0.5, 0.6) is 0 Å². The molecule has 3 aromatic rings. The molecule has 0 atom stereocenters. The van der Waals surface area contributed by atoms with E-state index in [0.29, 0.717) is 0 Å². The molecule has 8 bridgehead atoms. The average Bonchev–Trinajstić information content (AvgIpc) is 3.57. The number of rotatable bonds is 2. The molecule has 0 saturated heterocycles. The van der Waals surface area contributed by atoms with Gasteiger partial charge in [-0.15, -0.1) is 11.0 Å². The summed E-state index contributed by atoms with van der Waals surface area (Å²) in [5.74, 6) is 0. The van der Waals surface area contributed by atoms with Crippen molar-refractivity contribution in [3.05, 3.63) is 59.2 Å². The second-order valence-corrected chi connectivity index (χ2v) is 9.68. The zero-order chi connectivity index (χ0) is 28.1. The molecule has 2 aliphatic rings. The zero-order valence-electron chi connectivity index (χ0n) is 20.2. The van der Waals surface area contributed by atoms with Gasteiger partial charge < -0.3 is 48.8 Å². The first-order valence-corrected chi connectivity index (χ1v) is 14.6. The Morgan fingerprint density at radius 2 is 0.923 bits per heavy atom. The van der Waals surface area contributed by atoms with Crippen molar-refractivity contribution in [3.63, 3.8) is 0 Å². The van der Waals surface area contributed by atoms with Crippen LogP contribution in [-0.4, -0.2) is 53.9 Å². The van der Waals surface area contributed by atoms with Crippen molar-refractivity contribution >= 4 is 87.6 Å². The van der Waals surface area contributed by atoms with E-state index in [1.165, 1.54) is 0 Å². The summed E-state index contributed by atoms with van der Waals surface area (Å²) in [6.07, 6.45) is 8.09. The molecule has 5 rings (SSSR count). The van der Waals surface area contributed by atoms with Gasteiger partial charge in [0.2, 0.25) is 0 Å². The van der Waals surface area contributed by atoms with Crippen LogP contribution in [0, 0.1) is 0 Å². The van der Waals surface area contributed by atoms with Crippen molar-refractivity contribution in [1.82, 2.24) is 19.9 Å². The van der Waals surface area contributed by atoms with Gasteiger partial charge in [0.25, 0.3) is 0 Å². The summed E-state index contributed by atoms with van der Waals surface area (Å²) >= 11 is -13.7. The molecule has 0 spiro atoms. The first-order valence-electron chi connectivity index (χ1n) is 11.1. The standard InChI is InChI=1S/C22H18N6.2Al.8FH.Fe/c1-23-21-17-7-3-13(25-17)11-15-5-9-19(27-15)22(24-2)20-10-6-16(28-20)12-14-4-8-18(21)26-14;;;;;;;;;;;/h3-12,23-24H,1-2H3;;;8*1H;/q-2;2*+3;;;;;;;;;+2/p-6. The van der Waals surface area contributed by atoms with Gasteiger partial charge >= 0.3 is 46.9 Å². The number of aromatic nitrogens is 4. The molecule has 6 nitrogen and oxygen atoms in total. The molecule has 0 amide bonds. The van der Waals surface area contributed by atoms with E-state index in [1.54, 1.807) is 0 Å². The molecule has 4 N–H and O–H groups in total. The van der Waals surface area contributed by atoms with E-state index in [4.69, 9.17) is 19.9 Å². The summed E-state index contributed by atoms with van der Waals surface area (Å²) in [5.41, 5.74) is 9.27. The number of hydrogen-bond donors (Lipinski definition) is 2. The fourth-order valence-electron chi connectivity index (χ4n) is 3.59. The van der Waals surface area contributed by atoms with E-state index in [-0.39, 0.29) is 17.1 Å². The third kappa shape index (κ3) is 10.6. The van der Waals surface area contributed by atoms with E-state index in [0.717, 1.165) is 56.2 Å². The van der Waals surface area contributed by atoms with Gasteiger partial charge in [-0.05, 0) is 24.3 Å². The predicted molar refractivity (Wildman–Crippen MR) is 132 cm³/mol. The van der Waals surface area contributed by atoms with Crippen molar-refractivity contribution < 1.29 is 55.9 Å². The van der Waals surface area contributed by atoms with Crippen LogP contribution in [0.3, 0.4) is 0 Å². The van der Waals surface area contributed by atoms with Gasteiger partial charge in [-0.3, -0.25) is 0 Å². The average molecular weight is 630 g/mol. The molecule has 0 aliphatic carbocycles. The number of nitrogens with two attached hydrogens (primary N) is 2. The topological polar surface area (TPSA) is 87.2 Å². The minimum Gasteiger partial charge on any atom is -0.653 e. The van der Waals surface area contributed by atoms with Crippen molar-refractivity contribution in [2.45, 2.75) is 0 Å². The molecule has 0 radical (unpaired) electrons. The zero-order valence-corrected chi connectivity index (χ0v) is 23.7. The molecule has 39 heavy (non-hydrogen) atoms. The molecule has 17 heteroatoms. The van der Waals surface area contributed by atoms with Gasteiger partial charge in [-0.25, -0.2) is 9.97 Å². The smallest absolute Gasteiger partial charge is 0.653 e. The second kappa shape index (κ2) is 13.7. The molecule has 0 saturated carbocycles. The number of quaternary nitrogens is 2. The first kappa shape index (κ1) is 32.8. The van der Waals surface area contributed by atoms with Crippen LogP contribution < -0.4 is 20.6 Å². The number of nitrogens with zero attached hydrogens (tertiary/aromatic N) is 4. The van der Waals surface area contributed by atoms with Gasteiger partial charge in [0.15, 0.2) is 0 Å². The molecular weight excluding hydrogens is 610 g/mol. The fraction of sp³-hybridized carbons (Fsp3) is 0.0909. The van der Waals surface area contributed by atoms with E-state index in [2.05, 4.69) is 10.6 Å². The second-order valence-electron chi connectivity index (χ2n) is 7.70. The third-order valence-electron chi connectivity index (χ3n) is 4.92. The number of hydrogen-bond acceptors (Lipinski definition) is 2. The Bertz CT molecular complexity index is 1390. The SMILES string of the molecule is C[NH2+]c1c2nc(cc3ccc([n-]3)c([NH2+]C)c3nc(cc4ccc1[n-]4)C=C3)C=C2.[F][Al-]([F])([F])[F].[F][Al-]([F])([F])[F].[Fe+2]. The summed E-state index contributed by atoms with van der Waals surface area (Å²) in [5, 5.41) is 4.11. The normalized spacial score (nSPS) is 12.2. The van der Waals surface area contributed by atoms with Crippen molar-refractivity contribution in [1.29, 1.82) is 0 Å². The van der Waals surface area contributed by atoms with E-state index in [1.807, 2.05) is 74.8 Å². The van der Waals surface area contributed by atoms with E-state index < -0.39 is 29.8 Å². The maximum atomic E-state index is 9.85. The molecule has 0 aromatic carbocycles. The van der Waals surface area contributed by atoms with Gasteiger partial charge in [0.1, 0.15) is 22.8 Å². The van der Waals surface area contributed by atoms with Crippen LogP contribution in [0.4, 0.5) is 39.6 Å². The van der Waals surface area contributed by atoms with Gasteiger partial charge in [0.05, 0.1) is 25.5 Å². The van der Waals surface area contributed by atoms with Crippen LogP contribution in [0.2, 0.25) is 0 Å². The van der Waals surface area contributed by atoms with E-state index in [9.17, 15) is 28.2 Å². The molecule has 3 aromatic heterocycles. The summed E-state index contributed by atoms with van der Waals surface area (Å²) in [6.45, 7) is 0. The Balaban J connectivity index is 0.000000419. The third-order valence-corrected chi connectivity index (χ3v) is 4.92. The van der Waals surface area contributed by atoms with Crippen LogP contribution in [0.1, 0.15) is 22.8 Å². The van der Waals surface area contributed by atoms with Gasteiger partial charge in [0, 0.05) is 0 Å². The Morgan fingerprint density at radius 3 is 1.23 bits per heavy atom. The summed E-state index contributed by atoms with van der Waals surface area (Å²) in [6, 6.07) is 12.1. The number of halogens is 8. The van der Waals surface area contributed by atoms with E-state index >= 15 is 0 Å². The monoisotopic (exact) mass is 630 g/mol. The molecule has 208 valence electrons. The van der Waals surface area contributed by atoms with Crippen LogP contribution >= 0.6 is 0 Å². The summed E-state index contributed by atoms with van der Waals surface area (Å²) < 4.78 is 78.8. The molecule has 2 aliphatic heterocycles. The maximum Gasteiger partial charge on any atom is 2.00 e. The van der Waals surface area contributed by atoms with Gasteiger partial charge in [-0.2, -0.15) is 0 Å². The number of fused-ring (bicyclic) bond motifs is 8. The van der Waals surface area contributed by atoms with Crippen LogP contribution in [0.25, 0.3) is 46.4 Å². The molecule has 0 fully saturated rings. The molecule has 5 heterocycles. The van der Waals surface area contributed by atoms with Crippen molar-refractivity contribution in [3.8, 4) is 0 Å². The Labute approximate surface area is 235 Å². The molecular formula is C22H20Al2F8FeN6.